The first-order valence-corrected chi connectivity index (χ1v) is 5.72. The van der Waals surface area contributed by atoms with E-state index in [0.29, 0.717) is 18.8 Å². The number of nitrogens with two attached hydrogens (primary N) is 1. The lowest BCUT2D eigenvalue weighted by Gasteiger charge is -2.18. The van der Waals surface area contributed by atoms with Gasteiger partial charge in [0.25, 0.3) is 0 Å². The Bertz CT molecular complexity index is 416. The van der Waals surface area contributed by atoms with Gasteiger partial charge in [0.05, 0.1) is 13.1 Å². The molecular formula is C11H17N3O4. The zero-order valence-corrected chi connectivity index (χ0v) is 10.3. The molecule has 0 atom stereocenters. The van der Waals surface area contributed by atoms with Crippen molar-refractivity contribution in [2.45, 2.75) is 26.3 Å². The van der Waals surface area contributed by atoms with Gasteiger partial charge in [-0.3, -0.25) is 9.69 Å². The zero-order valence-electron chi connectivity index (χ0n) is 10.3. The Kier molecular flexibility index (Phi) is 5.31. The van der Waals surface area contributed by atoms with Gasteiger partial charge in [-0.2, -0.15) is 0 Å². The molecule has 0 radical (unpaired) electrons. The van der Waals surface area contributed by atoms with Crippen LogP contribution in [0.3, 0.4) is 0 Å². The summed E-state index contributed by atoms with van der Waals surface area (Å²) in [5.41, 5.74) is 5.01. The lowest BCUT2D eigenvalue weighted by molar-refractivity contribution is -0.119. The number of rotatable bonds is 8. The van der Waals surface area contributed by atoms with Crippen molar-refractivity contribution in [3.8, 4) is 0 Å². The number of carbonyl (C=O) groups is 2. The maximum atomic E-state index is 10.9. The summed E-state index contributed by atoms with van der Waals surface area (Å²) >= 11 is 0. The zero-order chi connectivity index (χ0) is 13.5. The van der Waals surface area contributed by atoms with Gasteiger partial charge in [0, 0.05) is 6.07 Å². The largest absolute Gasteiger partial charge is 0.476 e. The molecule has 1 amide bonds. The number of amides is 1. The van der Waals surface area contributed by atoms with Crippen LogP contribution >= 0.6 is 0 Å². The fraction of sp³-hybridized carbons (Fsp3) is 0.545. The number of hydrogen-bond acceptors (Lipinski definition) is 5. The number of aromatic nitrogens is 1. The predicted molar refractivity (Wildman–Crippen MR) is 62.8 cm³/mol. The van der Waals surface area contributed by atoms with Gasteiger partial charge in [-0.15, -0.1) is 0 Å². The van der Waals surface area contributed by atoms with E-state index in [9.17, 15) is 9.59 Å². The third-order valence-electron chi connectivity index (χ3n) is 2.36. The highest BCUT2D eigenvalue weighted by Crippen LogP contribution is 2.08. The lowest BCUT2D eigenvalue weighted by atomic mass is 10.3. The molecule has 3 N–H and O–H groups in total. The Morgan fingerprint density at radius 2 is 2.28 bits per heavy atom. The molecule has 0 spiro atoms. The van der Waals surface area contributed by atoms with Crippen LogP contribution in [0.5, 0.6) is 0 Å². The van der Waals surface area contributed by atoms with Crippen molar-refractivity contribution in [2.75, 3.05) is 13.1 Å². The number of carbonyl (C=O) groups excluding carboxylic acids is 1. The summed E-state index contributed by atoms with van der Waals surface area (Å²) in [5.74, 6) is -1.16. The fourth-order valence-electron chi connectivity index (χ4n) is 1.52. The van der Waals surface area contributed by atoms with E-state index in [1.807, 2.05) is 6.92 Å². The molecule has 7 nitrogen and oxygen atoms in total. The Balaban J connectivity index is 2.62. The molecule has 1 aromatic rings. The summed E-state index contributed by atoms with van der Waals surface area (Å²) in [7, 11) is 0. The van der Waals surface area contributed by atoms with Gasteiger partial charge >= 0.3 is 5.97 Å². The Morgan fingerprint density at radius 1 is 1.56 bits per heavy atom. The topological polar surface area (TPSA) is 110 Å². The Hall–Kier alpha value is -1.89. The van der Waals surface area contributed by atoms with Crippen molar-refractivity contribution in [3.05, 3.63) is 17.5 Å². The van der Waals surface area contributed by atoms with Crippen molar-refractivity contribution >= 4 is 11.9 Å². The third kappa shape index (κ3) is 4.54. The van der Waals surface area contributed by atoms with E-state index in [1.54, 1.807) is 4.90 Å². The normalized spacial score (nSPS) is 10.8. The van der Waals surface area contributed by atoms with Crippen LogP contribution in [0.4, 0.5) is 0 Å². The number of hydrogen-bond donors (Lipinski definition) is 2. The number of carboxylic acids is 1. The van der Waals surface area contributed by atoms with Crippen LogP contribution in [-0.2, 0) is 11.3 Å². The van der Waals surface area contributed by atoms with E-state index in [2.05, 4.69) is 5.16 Å². The standard InChI is InChI=1S/C11H17N3O4/c1-2-3-4-14(7-10(12)15)6-8-5-9(11(16)17)13-18-8/h5H,2-4,6-7H2,1H3,(H2,12,15)(H,16,17). The highest BCUT2D eigenvalue weighted by Gasteiger charge is 2.15. The number of carboxylic acid groups (broad SMARTS) is 1. The molecule has 0 bridgehead atoms. The van der Waals surface area contributed by atoms with Gasteiger partial charge in [-0.1, -0.05) is 18.5 Å². The minimum Gasteiger partial charge on any atom is -0.476 e. The summed E-state index contributed by atoms with van der Waals surface area (Å²) in [5, 5.41) is 12.1. The highest BCUT2D eigenvalue weighted by atomic mass is 16.5. The average molecular weight is 255 g/mol. The lowest BCUT2D eigenvalue weighted by Crippen LogP contribution is -2.34. The second-order valence-corrected chi connectivity index (χ2v) is 4.01. The molecule has 1 aromatic heterocycles. The first kappa shape index (κ1) is 14.2. The summed E-state index contributed by atoms with van der Waals surface area (Å²) in [6, 6.07) is 1.35. The van der Waals surface area contributed by atoms with E-state index in [1.165, 1.54) is 6.07 Å². The summed E-state index contributed by atoms with van der Waals surface area (Å²) in [6.45, 7) is 3.17. The first-order valence-electron chi connectivity index (χ1n) is 5.72. The van der Waals surface area contributed by atoms with Crippen LogP contribution in [0.15, 0.2) is 10.6 Å². The molecule has 100 valence electrons. The van der Waals surface area contributed by atoms with Crippen molar-refractivity contribution in [3.63, 3.8) is 0 Å². The van der Waals surface area contributed by atoms with Gasteiger partial charge in [0.1, 0.15) is 0 Å². The molecule has 0 aromatic carbocycles. The molecule has 0 fully saturated rings. The molecule has 18 heavy (non-hydrogen) atoms. The molecule has 7 heteroatoms. The Morgan fingerprint density at radius 3 is 2.78 bits per heavy atom. The van der Waals surface area contributed by atoms with Crippen LogP contribution in [0.25, 0.3) is 0 Å². The number of unbranched alkanes of at least 4 members (excludes halogenated alkanes) is 1. The van der Waals surface area contributed by atoms with Crippen molar-refractivity contribution < 1.29 is 19.2 Å². The predicted octanol–water partition coefficient (Wildman–Crippen LogP) is 0.460. The van der Waals surface area contributed by atoms with Crippen molar-refractivity contribution in [1.82, 2.24) is 10.1 Å². The second kappa shape index (κ2) is 6.75. The Labute approximate surface area is 105 Å². The molecule has 1 rings (SSSR count). The van der Waals surface area contributed by atoms with E-state index in [0.717, 1.165) is 12.8 Å². The van der Waals surface area contributed by atoms with Crippen LogP contribution in [0.2, 0.25) is 0 Å². The molecule has 0 unspecified atom stereocenters. The first-order chi connectivity index (χ1) is 8.52. The van der Waals surface area contributed by atoms with Crippen LogP contribution in [-0.4, -0.2) is 40.1 Å². The van der Waals surface area contributed by atoms with E-state index < -0.39 is 11.9 Å². The number of aromatic carboxylic acids is 1. The second-order valence-electron chi connectivity index (χ2n) is 4.01. The molecular weight excluding hydrogens is 238 g/mol. The smallest absolute Gasteiger partial charge is 0.358 e. The molecule has 0 aliphatic rings. The average Bonchev–Trinajstić information content (AvgIpc) is 2.73. The summed E-state index contributed by atoms with van der Waals surface area (Å²) < 4.78 is 4.89. The van der Waals surface area contributed by atoms with Crippen molar-refractivity contribution in [1.29, 1.82) is 0 Å². The van der Waals surface area contributed by atoms with Crippen LogP contribution in [0, 0.1) is 0 Å². The van der Waals surface area contributed by atoms with Crippen LogP contribution < -0.4 is 5.73 Å². The SMILES string of the molecule is CCCCN(CC(N)=O)Cc1cc(C(=O)O)no1. The summed E-state index contributed by atoms with van der Waals surface area (Å²) in [6.07, 6.45) is 1.92. The molecule has 1 heterocycles. The number of primary amides is 1. The highest BCUT2D eigenvalue weighted by molar-refractivity contribution is 5.85. The van der Waals surface area contributed by atoms with Gasteiger partial charge in [-0.25, -0.2) is 4.79 Å². The minimum absolute atomic E-state index is 0.114. The number of nitrogens with zero attached hydrogens (tertiary/aromatic N) is 2. The van der Waals surface area contributed by atoms with Gasteiger partial charge in [-0.05, 0) is 13.0 Å². The monoisotopic (exact) mass is 255 g/mol. The van der Waals surface area contributed by atoms with Crippen molar-refractivity contribution in [2.24, 2.45) is 5.73 Å². The van der Waals surface area contributed by atoms with Crippen LogP contribution in [0.1, 0.15) is 36.0 Å². The van der Waals surface area contributed by atoms with Gasteiger partial charge in [0.2, 0.25) is 5.91 Å². The quantitative estimate of drug-likeness (QED) is 0.698. The molecule has 0 aliphatic carbocycles. The van der Waals surface area contributed by atoms with E-state index >= 15 is 0 Å². The van der Waals surface area contributed by atoms with Gasteiger partial charge in [0.15, 0.2) is 11.5 Å². The fourth-order valence-corrected chi connectivity index (χ4v) is 1.52. The maximum absolute atomic E-state index is 10.9. The molecule has 0 saturated carbocycles. The minimum atomic E-state index is -1.14. The van der Waals surface area contributed by atoms with E-state index in [-0.39, 0.29) is 12.2 Å². The molecule has 0 saturated heterocycles. The van der Waals surface area contributed by atoms with Gasteiger partial charge < -0.3 is 15.4 Å². The third-order valence-corrected chi connectivity index (χ3v) is 2.36. The summed E-state index contributed by atoms with van der Waals surface area (Å²) in [4.78, 5) is 23.4. The maximum Gasteiger partial charge on any atom is 0.358 e. The van der Waals surface area contributed by atoms with E-state index in [4.69, 9.17) is 15.4 Å². The molecule has 0 aliphatic heterocycles.